The number of nitrogens with one attached hydrogen (secondary N) is 1. The number of carbonyl (C=O) groups is 1. The average molecular weight is 254 g/mol. The highest BCUT2D eigenvalue weighted by Gasteiger charge is 2.28. The Labute approximate surface area is 110 Å². The molecule has 2 fully saturated rings. The molecule has 2 unspecified atom stereocenters. The third-order valence-corrected chi connectivity index (χ3v) is 4.36. The molecule has 2 rings (SSSR count). The van der Waals surface area contributed by atoms with Crippen molar-refractivity contribution in [1.82, 2.24) is 10.2 Å². The maximum Gasteiger partial charge on any atom is 0.219 e. The Balaban J connectivity index is 1.67. The van der Waals surface area contributed by atoms with Gasteiger partial charge in [-0.1, -0.05) is 6.92 Å². The van der Waals surface area contributed by atoms with E-state index in [-0.39, 0.29) is 5.91 Å². The highest BCUT2D eigenvalue weighted by atomic mass is 16.5. The Bertz CT molecular complexity index is 275. The summed E-state index contributed by atoms with van der Waals surface area (Å²) in [5.74, 6) is 0.893. The summed E-state index contributed by atoms with van der Waals surface area (Å²) in [5.41, 5.74) is 0. The van der Waals surface area contributed by atoms with Crippen molar-refractivity contribution in [2.75, 3.05) is 26.2 Å². The maximum atomic E-state index is 11.2. The van der Waals surface area contributed by atoms with Crippen LogP contribution in [-0.4, -0.2) is 49.2 Å². The minimum Gasteiger partial charge on any atom is -0.378 e. The maximum absolute atomic E-state index is 11.2. The highest BCUT2D eigenvalue weighted by molar-refractivity contribution is 5.73. The van der Waals surface area contributed by atoms with Crippen LogP contribution in [-0.2, 0) is 9.53 Å². The fourth-order valence-electron chi connectivity index (χ4n) is 3.09. The molecule has 2 heterocycles. The molecule has 1 amide bonds. The van der Waals surface area contributed by atoms with Gasteiger partial charge >= 0.3 is 0 Å². The zero-order valence-corrected chi connectivity index (χ0v) is 11.7. The van der Waals surface area contributed by atoms with E-state index in [2.05, 4.69) is 12.2 Å². The van der Waals surface area contributed by atoms with Gasteiger partial charge in [0.1, 0.15) is 0 Å². The molecular weight excluding hydrogens is 228 g/mol. The van der Waals surface area contributed by atoms with Crippen molar-refractivity contribution in [3.63, 3.8) is 0 Å². The zero-order valence-electron chi connectivity index (χ0n) is 11.7. The van der Waals surface area contributed by atoms with Gasteiger partial charge < -0.3 is 15.0 Å². The van der Waals surface area contributed by atoms with Gasteiger partial charge in [-0.25, -0.2) is 0 Å². The van der Waals surface area contributed by atoms with Crippen LogP contribution in [0.2, 0.25) is 0 Å². The fourth-order valence-corrected chi connectivity index (χ4v) is 3.09. The van der Waals surface area contributed by atoms with Gasteiger partial charge in [0.25, 0.3) is 0 Å². The van der Waals surface area contributed by atoms with Crippen LogP contribution in [0.25, 0.3) is 0 Å². The van der Waals surface area contributed by atoms with E-state index in [4.69, 9.17) is 4.74 Å². The minimum atomic E-state index is 0.212. The van der Waals surface area contributed by atoms with Crippen molar-refractivity contribution in [1.29, 1.82) is 0 Å². The Kier molecular flexibility index (Phi) is 5.01. The second-order valence-electron chi connectivity index (χ2n) is 5.55. The summed E-state index contributed by atoms with van der Waals surface area (Å²) < 4.78 is 5.71. The SMILES string of the molecule is CCC1OCCC1CNC1CCN(C(C)=O)CC1. The number of amides is 1. The van der Waals surface area contributed by atoms with E-state index in [0.29, 0.717) is 18.1 Å². The molecule has 0 saturated carbocycles. The molecule has 2 aliphatic heterocycles. The molecule has 2 aliphatic rings. The van der Waals surface area contributed by atoms with Crippen LogP contribution in [0.3, 0.4) is 0 Å². The molecule has 0 bridgehead atoms. The molecule has 2 saturated heterocycles. The van der Waals surface area contributed by atoms with Crippen LogP contribution in [0.15, 0.2) is 0 Å². The molecule has 4 nitrogen and oxygen atoms in total. The number of hydrogen-bond donors (Lipinski definition) is 1. The summed E-state index contributed by atoms with van der Waals surface area (Å²) in [6.45, 7) is 7.68. The van der Waals surface area contributed by atoms with E-state index in [0.717, 1.165) is 45.5 Å². The smallest absolute Gasteiger partial charge is 0.219 e. The summed E-state index contributed by atoms with van der Waals surface area (Å²) in [6.07, 6.45) is 4.94. The molecule has 0 aromatic rings. The van der Waals surface area contributed by atoms with E-state index >= 15 is 0 Å². The first-order chi connectivity index (χ1) is 8.70. The lowest BCUT2D eigenvalue weighted by Gasteiger charge is -2.32. The second kappa shape index (κ2) is 6.53. The van der Waals surface area contributed by atoms with Gasteiger partial charge in [-0.15, -0.1) is 0 Å². The monoisotopic (exact) mass is 254 g/mol. The molecule has 1 N–H and O–H groups in total. The Morgan fingerprint density at radius 3 is 2.67 bits per heavy atom. The molecule has 104 valence electrons. The predicted molar refractivity (Wildman–Crippen MR) is 71.4 cm³/mol. The number of ether oxygens (including phenoxy) is 1. The third kappa shape index (κ3) is 3.45. The lowest BCUT2D eigenvalue weighted by Crippen LogP contribution is -2.45. The molecular formula is C14H26N2O2. The van der Waals surface area contributed by atoms with Gasteiger partial charge in [-0.2, -0.15) is 0 Å². The number of piperidine rings is 1. The number of hydrogen-bond acceptors (Lipinski definition) is 3. The predicted octanol–water partition coefficient (Wildman–Crippen LogP) is 1.40. The fraction of sp³-hybridized carbons (Fsp3) is 0.929. The number of nitrogens with zero attached hydrogens (tertiary/aromatic N) is 1. The van der Waals surface area contributed by atoms with Gasteiger partial charge in [0.2, 0.25) is 5.91 Å². The van der Waals surface area contributed by atoms with Crippen molar-refractivity contribution in [3.05, 3.63) is 0 Å². The largest absolute Gasteiger partial charge is 0.378 e. The Morgan fingerprint density at radius 1 is 1.33 bits per heavy atom. The van der Waals surface area contributed by atoms with Crippen LogP contribution < -0.4 is 5.32 Å². The lowest BCUT2D eigenvalue weighted by molar-refractivity contribution is -0.129. The first-order valence-corrected chi connectivity index (χ1v) is 7.31. The van der Waals surface area contributed by atoms with E-state index in [1.165, 1.54) is 6.42 Å². The van der Waals surface area contributed by atoms with Crippen LogP contribution in [0.5, 0.6) is 0 Å². The topological polar surface area (TPSA) is 41.6 Å². The van der Waals surface area contributed by atoms with Gasteiger partial charge in [0.05, 0.1) is 6.10 Å². The molecule has 0 aliphatic carbocycles. The first-order valence-electron chi connectivity index (χ1n) is 7.31. The van der Waals surface area contributed by atoms with E-state index in [9.17, 15) is 4.79 Å². The summed E-state index contributed by atoms with van der Waals surface area (Å²) in [5, 5.41) is 3.67. The first kappa shape index (κ1) is 13.8. The number of likely N-dealkylation sites (tertiary alicyclic amines) is 1. The highest BCUT2D eigenvalue weighted by Crippen LogP contribution is 2.23. The van der Waals surface area contributed by atoms with Crippen LogP contribution in [0.1, 0.15) is 39.5 Å². The molecule has 0 radical (unpaired) electrons. The van der Waals surface area contributed by atoms with Gasteiger partial charge in [-0.3, -0.25) is 4.79 Å². The number of carbonyl (C=O) groups excluding carboxylic acids is 1. The normalized spacial score (nSPS) is 29.8. The van der Waals surface area contributed by atoms with Crippen molar-refractivity contribution >= 4 is 5.91 Å². The molecule has 0 aromatic heterocycles. The van der Waals surface area contributed by atoms with Crippen LogP contribution >= 0.6 is 0 Å². The Hall–Kier alpha value is -0.610. The van der Waals surface area contributed by atoms with Crippen molar-refractivity contribution < 1.29 is 9.53 Å². The Morgan fingerprint density at radius 2 is 2.06 bits per heavy atom. The summed E-state index contributed by atoms with van der Waals surface area (Å²) in [4.78, 5) is 13.2. The summed E-state index contributed by atoms with van der Waals surface area (Å²) in [7, 11) is 0. The second-order valence-corrected chi connectivity index (χ2v) is 5.55. The van der Waals surface area contributed by atoms with E-state index in [1.54, 1.807) is 6.92 Å². The van der Waals surface area contributed by atoms with Crippen molar-refractivity contribution in [3.8, 4) is 0 Å². The molecule has 4 heteroatoms. The van der Waals surface area contributed by atoms with Crippen LogP contribution in [0.4, 0.5) is 0 Å². The van der Waals surface area contributed by atoms with Gasteiger partial charge in [-0.05, 0) is 31.6 Å². The quantitative estimate of drug-likeness (QED) is 0.824. The summed E-state index contributed by atoms with van der Waals surface area (Å²) in [6, 6.07) is 0.582. The lowest BCUT2D eigenvalue weighted by atomic mass is 9.98. The zero-order chi connectivity index (χ0) is 13.0. The summed E-state index contributed by atoms with van der Waals surface area (Å²) >= 11 is 0. The van der Waals surface area contributed by atoms with E-state index < -0.39 is 0 Å². The van der Waals surface area contributed by atoms with Crippen molar-refractivity contribution in [2.24, 2.45) is 5.92 Å². The minimum absolute atomic E-state index is 0.212. The molecule has 0 aromatic carbocycles. The third-order valence-electron chi connectivity index (χ3n) is 4.36. The molecule has 2 atom stereocenters. The van der Waals surface area contributed by atoms with Gasteiger partial charge in [0, 0.05) is 39.2 Å². The van der Waals surface area contributed by atoms with Crippen LogP contribution in [0, 0.1) is 5.92 Å². The van der Waals surface area contributed by atoms with E-state index in [1.807, 2.05) is 4.90 Å². The molecule has 18 heavy (non-hydrogen) atoms. The standard InChI is InChI=1S/C14H26N2O2/c1-3-14-12(6-9-18-14)10-15-13-4-7-16(8-5-13)11(2)17/h12-15H,3-10H2,1-2H3. The van der Waals surface area contributed by atoms with Crippen molar-refractivity contribution in [2.45, 2.75) is 51.7 Å². The van der Waals surface area contributed by atoms with Gasteiger partial charge in [0.15, 0.2) is 0 Å². The average Bonchev–Trinajstić information content (AvgIpc) is 2.84. The molecule has 0 spiro atoms. The number of rotatable bonds is 4.